The van der Waals surface area contributed by atoms with Gasteiger partial charge in [-0.15, -0.1) is 0 Å². The van der Waals surface area contributed by atoms with Crippen LogP contribution in [0.4, 0.5) is 5.82 Å². The smallest absolute Gasteiger partial charge is 0.263 e. The summed E-state index contributed by atoms with van der Waals surface area (Å²) in [7, 11) is -2.30. The zero-order valence-corrected chi connectivity index (χ0v) is 14.9. The van der Waals surface area contributed by atoms with Gasteiger partial charge in [-0.2, -0.15) is 0 Å². The van der Waals surface area contributed by atoms with Gasteiger partial charge in [-0.25, -0.2) is 13.4 Å². The first-order valence-electron chi connectivity index (χ1n) is 7.57. The minimum Gasteiger partial charge on any atom is -0.493 e. The van der Waals surface area contributed by atoms with Crippen molar-refractivity contribution in [3.8, 4) is 11.5 Å². The maximum absolute atomic E-state index is 12.7. The molecule has 3 rings (SSSR count). The topological polar surface area (TPSA) is 77.5 Å². The van der Waals surface area contributed by atoms with E-state index in [0.717, 1.165) is 11.3 Å². The second kappa shape index (κ2) is 5.66. The lowest BCUT2D eigenvalue weighted by Gasteiger charge is -2.16. The van der Waals surface area contributed by atoms with E-state index in [9.17, 15) is 8.42 Å². The summed E-state index contributed by atoms with van der Waals surface area (Å²) in [6.07, 6.45) is 0.664. The van der Waals surface area contributed by atoms with E-state index in [0.29, 0.717) is 17.9 Å². The third-order valence-corrected chi connectivity index (χ3v) is 5.13. The summed E-state index contributed by atoms with van der Waals surface area (Å²) in [5.74, 6) is 1.27. The quantitative estimate of drug-likeness (QED) is 0.919. The summed E-state index contributed by atoms with van der Waals surface area (Å²) in [4.78, 5) is 4.38. The number of aromatic nitrogens is 1. The molecular formula is C17H20N2O4S. The van der Waals surface area contributed by atoms with Gasteiger partial charge in [0.2, 0.25) is 0 Å². The van der Waals surface area contributed by atoms with Crippen LogP contribution in [0.25, 0.3) is 0 Å². The number of benzene rings is 1. The van der Waals surface area contributed by atoms with Gasteiger partial charge in [0.15, 0.2) is 11.6 Å². The fourth-order valence-corrected chi connectivity index (χ4v) is 3.78. The fraction of sp³-hybridized carbons (Fsp3) is 0.353. The highest BCUT2D eigenvalue weighted by Gasteiger charge is 2.31. The lowest BCUT2D eigenvalue weighted by molar-refractivity contribution is 0.138. The molecule has 24 heavy (non-hydrogen) atoms. The van der Waals surface area contributed by atoms with Gasteiger partial charge in [0.05, 0.1) is 12.0 Å². The molecule has 2 heterocycles. The molecular weight excluding hydrogens is 328 g/mol. The van der Waals surface area contributed by atoms with Crippen LogP contribution in [0.2, 0.25) is 0 Å². The average Bonchev–Trinajstić information content (AvgIpc) is 2.79. The van der Waals surface area contributed by atoms with Crippen molar-refractivity contribution in [2.24, 2.45) is 0 Å². The fourth-order valence-electron chi connectivity index (χ4n) is 2.72. The number of nitrogens with zero attached hydrogens (tertiary/aromatic N) is 1. The molecule has 0 atom stereocenters. The molecule has 0 saturated heterocycles. The second-order valence-electron chi connectivity index (χ2n) is 6.42. The van der Waals surface area contributed by atoms with E-state index in [4.69, 9.17) is 9.47 Å². The van der Waals surface area contributed by atoms with Crippen LogP contribution in [-0.4, -0.2) is 26.1 Å². The van der Waals surface area contributed by atoms with Crippen LogP contribution in [-0.2, 0) is 16.4 Å². The van der Waals surface area contributed by atoms with E-state index >= 15 is 0 Å². The van der Waals surface area contributed by atoms with Crippen LogP contribution in [0.5, 0.6) is 11.5 Å². The highest BCUT2D eigenvalue weighted by atomic mass is 32.2. The number of rotatable bonds is 4. The summed E-state index contributed by atoms with van der Waals surface area (Å²) in [6, 6.07) is 8.31. The number of ether oxygens (including phenoxy) is 2. The van der Waals surface area contributed by atoms with Gasteiger partial charge in [0.25, 0.3) is 10.0 Å². The number of methoxy groups -OCH3 is 1. The van der Waals surface area contributed by atoms with E-state index in [1.54, 1.807) is 31.2 Å². The van der Waals surface area contributed by atoms with Crippen molar-refractivity contribution in [3.05, 3.63) is 41.6 Å². The van der Waals surface area contributed by atoms with Crippen molar-refractivity contribution >= 4 is 15.8 Å². The molecule has 2 aromatic rings. The molecule has 128 valence electrons. The predicted molar refractivity (Wildman–Crippen MR) is 91.2 cm³/mol. The maximum Gasteiger partial charge on any atom is 0.263 e. The molecule has 6 nitrogen and oxygen atoms in total. The molecule has 0 radical (unpaired) electrons. The van der Waals surface area contributed by atoms with Gasteiger partial charge >= 0.3 is 0 Å². The first-order chi connectivity index (χ1) is 11.2. The average molecular weight is 348 g/mol. The lowest BCUT2D eigenvalue weighted by Crippen LogP contribution is -2.24. The molecule has 0 bridgehead atoms. The third kappa shape index (κ3) is 3.17. The number of aryl methyl sites for hydroxylation is 1. The van der Waals surface area contributed by atoms with Crippen LogP contribution in [0, 0.1) is 6.92 Å². The van der Waals surface area contributed by atoms with E-state index in [1.807, 2.05) is 13.8 Å². The number of sulfonamides is 1. The van der Waals surface area contributed by atoms with Crippen molar-refractivity contribution < 1.29 is 17.9 Å². The summed E-state index contributed by atoms with van der Waals surface area (Å²) in [5, 5.41) is 0. The first-order valence-corrected chi connectivity index (χ1v) is 9.05. The minimum absolute atomic E-state index is 0.174. The molecule has 1 aliphatic rings. The van der Waals surface area contributed by atoms with Gasteiger partial charge in [-0.1, -0.05) is 0 Å². The molecule has 1 aliphatic heterocycles. The van der Waals surface area contributed by atoms with Crippen molar-refractivity contribution in [1.29, 1.82) is 0 Å². The second-order valence-corrected chi connectivity index (χ2v) is 8.10. The molecule has 0 amide bonds. The normalized spacial score (nSPS) is 15.5. The maximum atomic E-state index is 12.7. The van der Waals surface area contributed by atoms with Crippen LogP contribution >= 0.6 is 0 Å². The lowest BCUT2D eigenvalue weighted by atomic mass is 10.0. The Balaban J connectivity index is 1.94. The molecule has 1 N–H and O–H groups in total. The van der Waals surface area contributed by atoms with Gasteiger partial charge in [-0.05, 0) is 56.7 Å². The molecule has 0 unspecified atom stereocenters. The van der Waals surface area contributed by atoms with Crippen LogP contribution in [0.15, 0.2) is 35.2 Å². The van der Waals surface area contributed by atoms with Crippen molar-refractivity contribution in [2.75, 3.05) is 11.8 Å². The Morgan fingerprint density at radius 3 is 2.71 bits per heavy atom. The molecule has 1 aromatic heterocycles. The standard InChI is InChI=1S/C17H20N2O4S/c1-11-5-7-15(22-4)16(18-11)19-24(20,21)13-6-8-14-12(9-13)10-17(2,3)23-14/h5-9H,10H2,1-4H3,(H,18,19). The van der Waals surface area contributed by atoms with Gasteiger partial charge < -0.3 is 9.47 Å². The largest absolute Gasteiger partial charge is 0.493 e. The predicted octanol–water partition coefficient (Wildman–Crippen LogP) is 2.91. The third-order valence-electron chi connectivity index (χ3n) is 3.79. The van der Waals surface area contributed by atoms with Gasteiger partial charge in [-0.3, -0.25) is 4.72 Å². The minimum atomic E-state index is -3.77. The number of hydrogen-bond donors (Lipinski definition) is 1. The van der Waals surface area contributed by atoms with Crippen molar-refractivity contribution in [2.45, 2.75) is 37.7 Å². The Labute approximate surface area is 141 Å². The van der Waals surface area contributed by atoms with E-state index in [2.05, 4.69) is 9.71 Å². The highest BCUT2D eigenvalue weighted by molar-refractivity contribution is 7.92. The monoisotopic (exact) mass is 348 g/mol. The van der Waals surface area contributed by atoms with Gasteiger partial charge in [0, 0.05) is 12.1 Å². The van der Waals surface area contributed by atoms with Gasteiger partial charge in [0.1, 0.15) is 11.4 Å². The molecule has 7 heteroatoms. The Morgan fingerprint density at radius 1 is 1.25 bits per heavy atom. The Morgan fingerprint density at radius 2 is 2.00 bits per heavy atom. The zero-order valence-electron chi connectivity index (χ0n) is 14.1. The summed E-state index contributed by atoms with van der Waals surface area (Å²) in [6.45, 7) is 5.73. The van der Waals surface area contributed by atoms with Crippen LogP contribution in [0.3, 0.4) is 0 Å². The van der Waals surface area contributed by atoms with E-state index in [-0.39, 0.29) is 16.3 Å². The summed E-state index contributed by atoms with van der Waals surface area (Å²) < 4.78 is 38.9. The SMILES string of the molecule is COc1ccc(C)nc1NS(=O)(=O)c1ccc2c(c1)CC(C)(C)O2. The van der Waals surface area contributed by atoms with Crippen LogP contribution < -0.4 is 14.2 Å². The first kappa shape index (κ1) is 16.6. The summed E-state index contributed by atoms with van der Waals surface area (Å²) in [5.41, 5.74) is 1.25. The van der Waals surface area contributed by atoms with E-state index < -0.39 is 10.0 Å². The molecule has 0 fully saturated rings. The van der Waals surface area contributed by atoms with Crippen molar-refractivity contribution in [1.82, 2.24) is 4.98 Å². The Kier molecular flexibility index (Phi) is 3.91. The highest BCUT2D eigenvalue weighted by Crippen LogP contribution is 2.36. The Bertz CT molecular complexity index is 891. The molecule has 0 aliphatic carbocycles. The molecule has 0 saturated carbocycles. The van der Waals surface area contributed by atoms with E-state index in [1.165, 1.54) is 13.2 Å². The molecule has 0 spiro atoms. The number of nitrogens with one attached hydrogen (secondary N) is 1. The van der Waals surface area contributed by atoms with Crippen LogP contribution in [0.1, 0.15) is 25.1 Å². The summed E-state index contributed by atoms with van der Waals surface area (Å²) >= 11 is 0. The number of hydrogen-bond acceptors (Lipinski definition) is 5. The number of pyridine rings is 1. The number of anilines is 1. The zero-order chi connectivity index (χ0) is 17.5. The molecule has 1 aromatic carbocycles. The van der Waals surface area contributed by atoms with Crippen molar-refractivity contribution in [3.63, 3.8) is 0 Å². The number of fused-ring (bicyclic) bond motifs is 1. The Hall–Kier alpha value is -2.28.